The van der Waals surface area contributed by atoms with E-state index in [0.717, 1.165) is 30.5 Å². The molecule has 2 heterocycles. The number of carbonyl (C=O) groups is 1. The first kappa shape index (κ1) is 30.2. The highest BCUT2D eigenvalue weighted by molar-refractivity contribution is 6.33. The summed E-state index contributed by atoms with van der Waals surface area (Å²) in [6.45, 7) is 4.43. The van der Waals surface area contributed by atoms with Crippen LogP contribution in [0.3, 0.4) is 0 Å². The van der Waals surface area contributed by atoms with Crippen molar-refractivity contribution < 1.29 is 19.4 Å². The fraction of sp³-hybridized carbons (Fsp3) is 0.438. The molecule has 0 radical (unpaired) electrons. The van der Waals surface area contributed by atoms with Crippen LogP contribution in [0.25, 0.3) is 11.1 Å². The first-order chi connectivity index (χ1) is 19.4. The third kappa shape index (κ3) is 6.90. The Kier molecular flexibility index (Phi) is 10.7. The minimum atomic E-state index is -1.48. The summed E-state index contributed by atoms with van der Waals surface area (Å²) in [5, 5.41) is 16.2. The second kappa shape index (κ2) is 14.2. The van der Waals surface area contributed by atoms with Crippen LogP contribution >= 0.6 is 11.6 Å². The van der Waals surface area contributed by atoms with Crippen molar-refractivity contribution in [3.05, 3.63) is 88.2 Å². The maximum atomic E-state index is 13.5. The van der Waals surface area contributed by atoms with Crippen LogP contribution in [0.15, 0.2) is 60.8 Å². The van der Waals surface area contributed by atoms with Crippen LogP contribution in [-0.4, -0.2) is 67.5 Å². The van der Waals surface area contributed by atoms with E-state index in [-0.39, 0.29) is 12.5 Å². The Morgan fingerprint density at radius 3 is 2.73 bits per heavy atom. The van der Waals surface area contributed by atoms with Gasteiger partial charge in [0.25, 0.3) is 5.91 Å². The van der Waals surface area contributed by atoms with Crippen LogP contribution in [0.2, 0.25) is 5.02 Å². The monoisotopic (exact) mass is 565 g/mol. The van der Waals surface area contributed by atoms with E-state index in [9.17, 15) is 9.90 Å². The molecular weight excluding hydrogens is 526 g/mol. The number of aromatic nitrogens is 1. The summed E-state index contributed by atoms with van der Waals surface area (Å²) in [6, 6.07) is 17.5. The average molecular weight is 566 g/mol. The number of morpholine rings is 1. The Morgan fingerprint density at radius 1 is 1.20 bits per heavy atom. The Hall–Kier alpha value is -2.81. The number of pyridine rings is 1. The van der Waals surface area contributed by atoms with Crippen molar-refractivity contribution >= 4 is 17.5 Å². The lowest BCUT2D eigenvalue weighted by atomic mass is 9.82. The summed E-state index contributed by atoms with van der Waals surface area (Å²) < 4.78 is 11.5. The largest absolute Gasteiger partial charge is 0.385 e. The predicted molar refractivity (Wildman–Crippen MR) is 159 cm³/mol. The molecule has 0 bridgehead atoms. The van der Waals surface area contributed by atoms with E-state index in [0.29, 0.717) is 54.4 Å². The maximum absolute atomic E-state index is 13.5. The first-order valence-electron chi connectivity index (χ1n) is 14.0. The van der Waals surface area contributed by atoms with Crippen LogP contribution in [0.4, 0.5) is 0 Å². The second-order valence-electron chi connectivity index (χ2n) is 10.3. The van der Waals surface area contributed by atoms with Crippen molar-refractivity contribution in [2.24, 2.45) is 0 Å². The number of nitrogens with one attached hydrogen (secondary N) is 1. The molecule has 7 nitrogen and oxygen atoms in total. The summed E-state index contributed by atoms with van der Waals surface area (Å²) in [4.78, 5) is 20.0. The van der Waals surface area contributed by atoms with Crippen molar-refractivity contribution in [1.82, 2.24) is 15.2 Å². The molecule has 40 heavy (non-hydrogen) atoms. The number of ether oxygens (including phenoxy) is 2. The summed E-state index contributed by atoms with van der Waals surface area (Å²) >= 11 is 6.80. The van der Waals surface area contributed by atoms with Crippen LogP contribution in [0.1, 0.15) is 53.4 Å². The van der Waals surface area contributed by atoms with Crippen LogP contribution in [-0.2, 0) is 28.0 Å². The van der Waals surface area contributed by atoms with E-state index in [1.165, 1.54) is 5.56 Å². The lowest BCUT2D eigenvalue weighted by Crippen LogP contribution is -2.55. The predicted octanol–water partition coefficient (Wildman–Crippen LogP) is 5.23. The van der Waals surface area contributed by atoms with Crippen molar-refractivity contribution in [3.63, 3.8) is 0 Å². The fourth-order valence-electron chi connectivity index (χ4n) is 5.34. The summed E-state index contributed by atoms with van der Waals surface area (Å²) in [5.41, 5.74) is 3.47. The second-order valence-corrected chi connectivity index (χ2v) is 10.7. The first-order valence-corrected chi connectivity index (χ1v) is 14.4. The molecule has 4 rings (SSSR count). The number of unbranched alkanes of at least 4 members (excludes halogenated alkanes) is 1. The molecule has 1 aliphatic rings. The third-order valence-electron chi connectivity index (χ3n) is 7.56. The normalized spacial score (nSPS) is 17.0. The number of halogens is 1. The van der Waals surface area contributed by atoms with E-state index in [2.05, 4.69) is 24.4 Å². The van der Waals surface area contributed by atoms with Crippen molar-refractivity contribution in [2.75, 3.05) is 40.5 Å². The number of benzene rings is 2. The van der Waals surface area contributed by atoms with Gasteiger partial charge in [-0.2, -0.15) is 0 Å². The SMILES string of the molecule is CCc1cccc(-c2c(Cl)ccnc2C(O)(CCCCOC)C2CN(C(=O)c3ccc(CNC)cc3)CCO2)c1. The number of nitrogens with zero attached hydrogens (tertiary/aromatic N) is 2. The van der Waals surface area contributed by atoms with Crippen molar-refractivity contribution in [1.29, 1.82) is 0 Å². The van der Waals surface area contributed by atoms with Gasteiger partial charge in [-0.3, -0.25) is 9.78 Å². The van der Waals surface area contributed by atoms with Gasteiger partial charge in [0.05, 0.1) is 23.9 Å². The van der Waals surface area contributed by atoms with Gasteiger partial charge < -0.3 is 24.8 Å². The number of hydrogen-bond acceptors (Lipinski definition) is 6. The average Bonchev–Trinajstić information content (AvgIpc) is 2.99. The zero-order chi connectivity index (χ0) is 28.5. The van der Waals surface area contributed by atoms with E-state index in [1.807, 2.05) is 43.4 Å². The molecule has 2 aromatic carbocycles. The molecule has 1 amide bonds. The highest BCUT2D eigenvalue weighted by atomic mass is 35.5. The quantitative estimate of drug-likeness (QED) is 0.293. The molecule has 2 unspecified atom stereocenters. The zero-order valence-electron chi connectivity index (χ0n) is 23.7. The van der Waals surface area contributed by atoms with Crippen LogP contribution < -0.4 is 5.32 Å². The topological polar surface area (TPSA) is 83.9 Å². The smallest absolute Gasteiger partial charge is 0.254 e. The van der Waals surface area contributed by atoms with E-state index in [1.54, 1.807) is 24.3 Å². The molecule has 1 saturated heterocycles. The minimum Gasteiger partial charge on any atom is -0.385 e. The molecule has 0 saturated carbocycles. The summed E-state index contributed by atoms with van der Waals surface area (Å²) in [5.74, 6) is -0.0824. The van der Waals surface area contributed by atoms with E-state index < -0.39 is 11.7 Å². The molecule has 1 fully saturated rings. The zero-order valence-corrected chi connectivity index (χ0v) is 24.4. The van der Waals surface area contributed by atoms with Crippen molar-refractivity contribution in [3.8, 4) is 11.1 Å². The van der Waals surface area contributed by atoms with Gasteiger partial charge in [-0.25, -0.2) is 0 Å². The molecule has 0 aliphatic carbocycles. The Balaban J connectivity index is 1.69. The van der Waals surface area contributed by atoms with Crippen LogP contribution in [0.5, 0.6) is 0 Å². The molecule has 214 valence electrons. The standard InChI is InChI=1S/C32H40ClN3O4/c1-4-23-8-7-9-26(20-23)29-27(33)14-16-35-30(29)32(38,15-5-6-18-39-3)28-22-36(17-19-40-28)31(37)25-12-10-24(11-13-25)21-34-2/h7-14,16,20,28,34,38H,4-6,15,17-19,21-22H2,1-3H3. The number of rotatable bonds is 12. The third-order valence-corrected chi connectivity index (χ3v) is 7.87. The Labute approximate surface area is 242 Å². The molecule has 3 aromatic rings. The maximum Gasteiger partial charge on any atom is 0.254 e. The molecular formula is C32H40ClN3O4. The summed E-state index contributed by atoms with van der Waals surface area (Å²) in [6.07, 6.45) is 3.66. The fourth-order valence-corrected chi connectivity index (χ4v) is 5.59. The van der Waals surface area contributed by atoms with Gasteiger partial charge in [0, 0.05) is 44.1 Å². The van der Waals surface area contributed by atoms with Gasteiger partial charge in [-0.05, 0) is 67.6 Å². The molecule has 2 N–H and O–H groups in total. The molecule has 1 aliphatic heterocycles. The number of carbonyl (C=O) groups excluding carboxylic acids is 1. The van der Waals surface area contributed by atoms with Crippen molar-refractivity contribution in [2.45, 2.75) is 50.9 Å². The van der Waals surface area contributed by atoms with Gasteiger partial charge in [0.1, 0.15) is 11.7 Å². The van der Waals surface area contributed by atoms with Gasteiger partial charge in [0.2, 0.25) is 0 Å². The Morgan fingerprint density at radius 2 is 2.00 bits per heavy atom. The van der Waals surface area contributed by atoms with Gasteiger partial charge in [-0.15, -0.1) is 0 Å². The number of hydrogen-bond donors (Lipinski definition) is 2. The molecule has 8 heteroatoms. The summed E-state index contributed by atoms with van der Waals surface area (Å²) in [7, 11) is 3.56. The highest BCUT2D eigenvalue weighted by Crippen LogP contribution is 2.42. The molecule has 1 aromatic heterocycles. The number of methoxy groups -OCH3 is 1. The lowest BCUT2D eigenvalue weighted by molar-refractivity contribution is -0.148. The van der Waals surface area contributed by atoms with Crippen LogP contribution in [0, 0.1) is 0 Å². The number of amides is 1. The molecule has 0 spiro atoms. The Bertz CT molecular complexity index is 1270. The highest BCUT2D eigenvalue weighted by Gasteiger charge is 2.45. The minimum absolute atomic E-state index is 0.0824. The number of aryl methyl sites for hydroxylation is 1. The van der Waals surface area contributed by atoms with E-state index >= 15 is 0 Å². The van der Waals surface area contributed by atoms with E-state index in [4.69, 9.17) is 26.1 Å². The molecule has 2 atom stereocenters. The number of aliphatic hydroxyl groups is 1. The van der Waals surface area contributed by atoms with Gasteiger partial charge in [-0.1, -0.05) is 54.9 Å². The van der Waals surface area contributed by atoms with Gasteiger partial charge in [0.15, 0.2) is 0 Å². The lowest BCUT2D eigenvalue weighted by Gasteiger charge is -2.42. The van der Waals surface area contributed by atoms with Gasteiger partial charge >= 0.3 is 0 Å².